The van der Waals surface area contributed by atoms with Gasteiger partial charge in [0.1, 0.15) is 0 Å². The van der Waals surface area contributed by atoms with Crippen LogP contribution in [0.1, 0.15) is 18.9 Å². The first-order valence-electron chi connectivity index (χ1n) is 7.76. The average Bonchev–Trinajstić information content (AvgIpc) is 2.93. The molecule has 2 aromatic rings. The van der Waals surface area contributed by atoms with Crippen LogP contribution in [0.2, 0.25) is 0 Å². The molecule has 106 valence electrons. The maximum absolute atomic E-state index is 3.48. The predicted molar refractivity (Wildman–Crippen MR) is 85.9 cm³/mol. The Bertz CT molecular complexity index is 559. The van der Waals surface area contributed by atoms with E-state index in [1.165, 1.54) is 42.4 Å². The number of nitrogens with one attached hydrogen (secondary N) is 1. The molecule has 0 aromatic heterocycles. The van der Waals surface area contributed by atoms with Crippen LogP contribution in [-0.4, -0.2) is 31.1 Å². The molecule has 1 N–H and O–H groups in total. The monoisotopic (exact) mass is 268 g/mol. The zero-order valence-corrected chi connectivity index (χ0v) is 12.3. The Labute approximate surface area is 121 Å². The lowest BCUT2D eigenvalue weighted by Crippen LogP contribution is -2.26. The molecule has 0 saturated carbocycles. The summed E-state index contributed by atoms with van der Waals surface area (Å²) in [6.07, 6.45) is 1.33. The van der Waals surface area contributed by atoms with Gasteiger partial charge in [-0.15, -0.1) is 0 Å². The summed E-state index contributed by atoms with van der Waals surface area (Å²) in [6, 6.07) is 15.4. The first-order valence-corrected chi connectivity index (χ1v) is 7.76. The van der Waals surface area contributed by atoms with E-state index < -0.39 is 0 Å². The highest BCUT2D eigenvalue weighted by molar-refractivity contribution is 5.85. The zero-order valence-electron chi connectivity index (χ0n) is 12.3. The summed E-state index contributed by atoms with van der Waals surface area (Å²) in [4.78, 5) is 2.60. The number of fused-ring (bicyclic) bond motifs is 1. The van der Waals surface area contributed by atoms with Gasteiger partial charge in [0.15, 0.2) is 0 Å². The quantitative estimate of drug-likeness (QED) is 0.895. The molecule has 2 nitrogen and oxygen atoms in total. The van der Waals surface area contributed by atoms with Crippen molar-refractivity contribution in [2.75, 3.05) is 26.2 Å². The normalized spacial score (nSPS) is 19.8. The summed E-state index contributed by atoms with van der Waals surface area (Å²) >= 11 is 0. The maximum Gasteiger partial charge on any atom is 0.0240 e. The van der Waals surface area contributed by atoms with Crippen LogP contribution in [-0.2, 0) is 6.54 Å². The fourth-order valence-electron chi connectivity index (χ4n) is 3.24. The lowest BCUT2D eigenvalue weighted by Gasteiger charge is -2.17. The summed E-state index contributed by atoms with van der Waals surface area (Å²) in [5.41, 5.74) is 1.47. The molecule has 1 atom stereocenters. The molecule has 0 spiro atoms. The summed E-state index contributed by atoms with van der Waals surface area (Å²) in [7, 11) is 0. The lowest BCUT2D eigenvalue weighted by molar-refractivity contribution is 0.316. The Morgan fingerprint density at radius 1 is 1.15 bits per heavy atom. The highest BCUT2D eigenvalue weighted by atomic mass is 15.1. The second-order valence-corrected chi connectivity index (χ2v) is 5.84. The fourth-order valence-corrected chi connectivity index (χ4v) is 3.24. The smallest absolute Gasteiger partial charge is 0.0240 e. The van der Waals surface area contributed by atoms with Crippen molar-refractivity contribution in [2.24, 2.45) is 5.92 Å². The molecule has 0 bridgehead atoms. The van der Waals surface area contributed by atoms with E-state index in [-0.39, 0.29) is 0 Å². The standard InChI is InChI=1S/C18H24N2/c1-2-19-12-15-10-11-20(13-15)14-17-8-5-7-16-6-3-4-9-18(16)17/h3-9,15,19H,2,10-14H2,1H3. The molecule has 1 saturated heterocycles. The van der Waals surface area contributed by atoms with E-state index in [0.717, 1.165) is 19.0 Å². The largest absolute Gasteiger partial charge is 0.317 e. The summed E-state index contributed by atoms with van der Waals surface area (Å²) in [6.45, 7) is 7.99. The van der Waals surface area contributed by atoms with Crippen molar-refractivity contribution in [2.45, 2.75) is 19.9 Å². The number of benzene rings is 2. The number of nitrogens with zero attached hydrogens (tertiary/aromatic N) is 1. The van der Waals surface area contributed by atoms with Gasteiger partial charge in [-0.2, -0.15) is 0 Å². The van der Waals surface area contributed by atoms with Crippen molar-refractivity contribution in [3.05, 3.63) is 48.0 Å². The number of rotatable bonds is 5. The third-order valence-electron chi connectivity index (χ3n) is 4.33. The van der Waals surface area contributed by atoms with Crippen LogP contribution in [0.3, 0.4) is 0 Å². The van der Waals surface area contributed by atoms with Gasteiger partial charge < -0.3 is 5.32 Å². The van der Waals surface area contributed by atoms with E-state index in [2.05, 4.69) is 59.6 Å². The molecular formula is C18H24N2. The molecule has 1 heterocycles. The first-order chi connectivity index (χ1) is 9.86. The average molecular weight is 268 g/mol. The van der Waals surface area contributed by atoms with Crippen LogP contribution in [0.15, 0.2) is 42.5 Å². The van der Waals surface area contributed by atoms with Crippen molar-refractivity contribution in [3.63, 3.8) is 0 Å². The lowest BCUT2D eigenvalue weighted by atomic mass is 10.0. The molecule has 1 aliphatic heterocycles. The predicted octanol–water partition coefficient (Wildman–Crippen LogP) is 3.27. The molecular weight excluding hydrogens is 244 g/mol. The molecule has 20 heavy (non-hydrogen) atoms. The van der Waals surface area contributed by atoms with E-state index in [1.54, 1.807) is 0 Å². The zero-order chi connectivity index (χ0) is 13.8. The Morgan fingerprint density at radius 3 is 2.90 bits per heavy atom. The van der Waals surface area contributed by atoms with Crippen LogP contribution < -0.4 is 5.32 Å². The van der Waals surface area contributed by atoms with Gasteiger partial charge in [-0.1, -0.05) is 49.4 Å². The van der Waals surface area contributed by atoms with Crippen molar-refractivity contribution in [1.82, 2.24) is 10.2 Å². The van der Waals surface area contributed by atoms with E-state index in [9.17, 15) is 0 Å². The Morgan fingerprint density at radius 2 is 2.00 bits per heavy atom. The molecule has 2 heteroatoms. The van der Waals surface area contributed by atoms with Crippen LogP contribution in [0, 0.1) is 5.92 Å². The van der Waals surface area contributed by atoms with Gasteiger partial charge in [0, 0.05) is 13.1 Å². The maximum atomic E-state index is 3.48. The minimum atomic E-state index is 0.824. The first kappa shape index (κ1) is 13.6. The Balaban J connectivity index is 1.68. The van der Waals surface area contributed by atoms with Crippen molar-refractivity contribution < 1.29 is 0 Å². The van der Waals surface area contributed by atoms with Crippen molar-refractivity contribution in [1.29, 1.82) is 0 Å². The summed E-state index contributed by atoms with van der Waals surface area (Å²) in [5.74, 6) is 0.824. The summed E-state index contributed by atoms with van der Waals surface area (Å²) in [5, 5.41) is 6.24. The van der Waals surface area contributed by atoms with Gasteiger partial charge in [0.2, 0.25) is 0 Å². The van der Waals surface area contributed by atoms with Crippen LogP contribution >= 0.6 is 0 Å². The van der Waals surface area contributed by atoms with Gasteiger partial charge in [-0.3, -0.25) is 4.90 Å². The van der Waals surface area contributed by atoms with Crippen LogP contribution in [0.25, 0.3) is 10.8 Å². The number of hydrogen-bond acceptors (Lipinski definition) is 2. The van der Waals surface area contributed by atoms with E-state index in [4.69, 9.17) is 0 Å². The Kier molecular flexibility index (Phi) is 4.34. The SMILES string of the molecule is CCNCC1CCN(Cc2cccc3ccccc23)C1. The molecule has 1 fully saturated rings. The highest BCUT2D eigenvalue weighted by Crippen LogP contribution is 2.23. The van der Waals surface area contributed by atoms with Gasteiger partial charge in [-0.05, 0) is 48.3 Å². The molecule has 0 radical (unpaired) electrons. The van der Waals surface area contributed by atoms with Crippen LogP contribution in [0.5, 0.6) is 0 Å². The van der Waals surface area contributed by atoms with Crippen molar-refractivity contribution >= 4 is 10.8 Å². The minimum Gasteiger partial charge on any atom is -0.317 e. The third kappa shape index (κ3) is 3.02. The highest BCUT2D eigenvalue weighted by Gasteiger charge is 2.22. The summed E-state index contributed by atoms with van der Waals surface area (Å²) < 4.78 is 0. The third-order valence-corrected chi connectivity index (χ3v) is 4.33. The molecule has 0 amide bonds. The van der Waals surface area contributed by atoms with Crippen molar-refractivity contribution in [3.8, 4) is 0 Å². The number of likely N-dealkylation sites (tertiary alicyclic amines) is 1. The van der Waals surface area contributed by atoms with Crippen LogP contribution in [0.4, 0.5) is 0 Å². The van der Waals surface area contributed by atoms with Gasteiger partial charge >= 0.3 is 0 Å². The van der Waals surface area contributed by atoms with E-state index >= 15 is 0 Å². The van der Waals surface area contributed by atoms with E-state index in [0.29, 0.717) is 0 Å². The minimum absolute atomic E-state index is 0.824. The molecule has 1 unspecified atom stereocenters. The molecule has 2 aromatic carbocycles. The van der Waals surface area contributed by atoms with E-state index in [1.807, 2.05) is 0 Å². The molecule has 1 aliphatic rings. The Hall–Kier alpha value is -1.38. The fraction of sp³-hybridized carbons (Fsp3) is 0.444. The second kappa shape index (κ2) is 6.38. The molecule has 3 rings (SSSR count). The van der Waals surface area contributed by atoms with Gasteiger partial charge in [0.25, 0.3) is 0 Å². The second-order valence-electron chi connectivity index (χ2n) is 5.84. The molecule has 0 aliphatic carbocycles. The van der Waals surface area contributed by atoms with Gasteiger partial charge in [-0.25, -0.2) is 0 Å². The van der Waals surface area contributed by atoms with Gasteiger partial charge in [0.05, 0.1) is 0 Å². The number of hydrogen-bond donors (Lipinski definition) is 1. The topological polar surface area (TPSA) is 15.3 Å².